The smallest absolute Gasteiger partial charge is 0.331 e. The summed E-state index contributed by atoms with van der Waals surface area (Å²) >= 11 is 0. The van der Waals surface area contributed by atoms with Crippen LogP contribution in [0.3, 0.4) is 0 Å². The van der Waals surface area contributed by atoms with Crippen molar-refractivity contribution in [2.45, 2.75) is 18.4 Å². The number of amides is 1. The molecule has 0 spiro atoms. The number of rotatable bonds is 5. The van der Waals surface area contributed by atoms with Crippen molar-refractivity contribution in [3.8, 4) is 17.0 Å². The van der Waals surface area contributed by atoms with Crippen LogP contribution in [0.15, 0.2) is 70.3 Å². The van der Waals surface area contributed by atoms with E-state index < -0.39 is 5.60 Å². The van der Waals surface area contributed by atoms with Crippen molar-refractivity contribution in [1.82, 2.24) is 19.0 Å². The van der Waals surface area contributed by atoms with Gasteiger partial charge in [0.05, 0.1) is 11.1 Å². The highest BCUT2D eigenvalue weighted by Gasteiger charge is 2.35. The average Bonchev–Trinajstić information content (AvgIpc) is 3.36. The molecule has 0 atom stereocenters. The number of likely N-dealkylation sites (tertiary alicyclic amines) is 1. The maximum absolute atomic E-state index is 12.7. The molecule has 0 bridgehead atoms. The molecule has 0 unspecified atom stereocenters. The molecule has 1 aliphatic heterocycles. The van der Waals surface area contributed by atoms with Gasteiger partial charge in [0.1, 0.15) is 11.3 Å². The lowest BCUT2D eigenvalue weighted by atomic mass is 9.84. The number of nitrogens with one attached hydrogen (secondary N) is 1. The third-order valence-corrected chi connectivity index (χ3v) is 7.03. The standard InChI is InChI=1S/C27H28N4O5/c1-29-22-16-21(28-24(22)25(33)30(2)26(29)34)18-8-10-20(11-9-18)36-17-23(32)31-14-12-27(35,13-15-31)19-6-4-3-5-7-19/h3-11,16,28,35H,12-15,17H2,1-2H3. The quantitative estimate of drug-likeness (QED) is 0.447. The second kappa shape index (κ2) is 9.16. The second-order valence-electron chi connectivity index (χ2n) is 9.24. The number of aromatic amines is 1. The highest BCUT2D eigenvalue weighted by atomic mass is 16.5. The molecule has 186 valence electrons. The van der Waals surface area contributed by atoms with Crippen LogP contribution >= 0.6 is 0 Å². The number of ether oxygens (including phenoxy) is 1. The van der Waals surface area contributed by atoms with E-state index in [9.17, 15) is 19.5 Å². The van der Waals surface area contributed by atoms with Crippen molar-refractivity contribution in [1.29, 1.82) is 0 Å². The van der Waals surface area contributed by atoms with Crippen LogP contribution in [-0.2, 0) is 24.5 Å². The van der Waals surface area contributed by atoms with Gasteiger partial charge in [-0.05, 0) is 54.3 Å². The Morgan fingerprint density at radius 1 is 1.00 bits per heavy atom. The van der Waals surface area contributed by atoms with Gasteiger partial charge in [0.2, 0.25) is 0 Å². The zero-order chi connectivity index (χ0) is 25.4. The number of benzene rings is 2. The van der Waals surface area contributed by atoms with Crippen molar-refractivity contribution < 1.29 is 14.6 Å². The molecule has 1 aliphatic rings. The number of carbonyl (C=O) groups is 1. The SMILES string of the molecule is Cn1c(=O)c2[nH]c(-c3ccc(OCC(=O)N4CCC(O)(c5ccccc5)CC4)cc3)cc2n(C)c1=O. The first-order valence-electron chi connectivity index (χ1n) is 11.8. The Hall–Kier alpha value is -4.11. The summed E-state index contributed by atoms with van der Waals surface area (Å²) in [5, 5.41) is 11.0. The highest BCUT2D eigenvalue weighted by Crippen LogP contribution is 2.32. The minimum absolute atomic E-state index is 0.0896. The summed E-state index contributed by atoms with van der Waals surface area (Å²) in [7, 11) is 3.08. The minimum Gasteiger partial charge on any atom is -0.484 e. The summed E-state index contributed by atoms with van der Waals surface area (Å²) in [6.07, 6.45) is 0.966. The third-order valence-electron chi connectivity index (χ3n) is 7.03. The Bertz CT molecular complexity index is 1520. The number of aryl methyl sites for hydroxylation is 1. The number of aromatic nitrogens is 3. The van der Waals surface area contributed by atoms with E-state index in [0.29, 0.717) is 48.4 Å². The maximum atomic E-state index is 12.7. The molecule has 2 aromatic heterocycles. The number of fused-ring (bicyclic) bond motifs is 1. The van der Waals surface area contributed by atoms with Crippen molar-refractivity contribution in [2.24, 2.45) is 14.1 Å². The van der Waals surface area contributed by atoms with Crippen LogP contribution in [0, 0.1) is 0 Å². The molecular formula is C27H28N4O5. The van der Waals surface area contributed by atoms with Gasteiger partial charge in [-0.25, -0.2) is 4.79 Å². The number of hydrogen-bond acceptors (Lipinski definition) is 5. The molecule has 0 aliphatic carbocycles. The predicted molar refractivity (Wildman–Crippen MR) is 136 cm³/mol. The minimum atomic E-state index is -0.909. The monoisotopic (exact) mass is 488 g/mol. The lowest BCUT2D eigenvalue weighted by Crippen LogP contribution is -2.46. The Morgan fingerprint density at radius 2 is 1.67 bits per heavy atom. The van der Waals surface area contributed by atoms with Gasteiger partial charge in [0.25, 0.3) is 11.5 Å². The number of nitrogens with zero attached hydrogens (tertiary/aromatic N) is 3. The first-order valence-corrected chi connectivity index (χ1v) is 11.8. The number of carbonyl (C=O) groups excluding carboxylic acids is 1. The van der Waals surface area contributed by atoms with Crippen LogP contribution in [0.2, 0.25) is 0 Å². The van der Waals surface area contributed by atoms with Gasteiger partial charge in [-0.15, -0.1) is 0 Å². The van der Waals surface area contributed by atoms with Crippen LogP contribution in [0.25, 0.3) is 22.3 Å². The number of aliphatic hydroxyl groups is 1. The summed E-state index contributed by atoms with van der Waals surface area (Å²) in [5.74, 6) is 0.422. The van der Waals surface area contributed by atoms with E-state index in [4.69, 9.17) is 4.74 Å². The van der Waals surface area contributed by atoms with Crippen molar-refractivity contribution in [3.05, 3.63) is 87.1 Å². The molecule has 5 rings (SSSR count). The Labute approximate surface area is 207 Å². The molecule has 1 fully saturated rings. The van der Waals surface area contributed by atoms with E-state index in [-0.39, 0.29) is 23.8 Å². The summed E-state index contributed by atoms with van der Waals surface area (Å²) in [4.78, 5) is 42.1. The van der Waals surface area contributed by atoms with Crippen LogP contribution in [0.1, 0.15) is 18.4 Å². The van der Waals surface area contributed by atoms with Crippen molar-refractivity contribution in [3.63, 3.8) is 0 Å². The summed E-state index contributed by atoms with van der Waals surface area (Å²) in [5.41, 5.74) is 1.62. The largest absolute Gasteiger partial charge is 0.484 e. The van der Waals surface area contributed by atoms with E-state index in [0.717, 1.165) is 15.7 Å². The molecule has 2 N–H and O–H groups in total. The Kier molecular flexibility index (Phi) is 6.01. The molecule has 0 saturated carbocycles. The fraction of sp³-hybridized carbons (Fsp3) is 0.296. The predicted octanol–water partition coefficient (Wildman–Crippen LogP) is 2.12. The molecule has 3 heterocycles. The topological polar surface area (TPSA) is 110 Å². The van der Waals surface area contributed by atoms with Gasteiger partial charge in [-0.2, -0.15) is 0 Å². The van der Waals surface area contributed by atoms with E-state index in [1.807, 2.05) is 42.5 Å². The van der Waals surface area contributed by atoms with Gasteiger partial charge >= 0.3 is 5.69 Å². The van der Waals surface area contributed by atoms with Gasteiger partial charge in [0, 0.05) is 32.9 Å². The van der Waals surface area contributed by atoms with Gasteiger partial charge in [-0.3, -0.25) is 18.7 Å². The van der Waals surface area contributed by atoms with Crippen molar-refractivity contribution in [2.75, 3.05) is 19.7 Å². The van der Waals surface area contributed by atoms with E-state index in [1.54, 1.807) is 30.1 Å². The molecule has 1 saturated heterocycles. The molecule has 1 amide bonds. The molecule has 9 nitrogen and oxygen atoms in total. The summed E-state index contributed by atoms with van der Waals surface area (Å²) < 4.78 is 8.22. The number of hydrogen-bond donors (Lipinski definition) is 2. The average molecular weight is 489 g/mol. The first-order chi connectivity index (χ1) is 17.3. The molecular weight excluding hydrogens is 460 g/mol. The van der Waals surface area contributed by atoms with E-state index in [1.165, 1.54) is 11.6 Å². The van der Waals surface area contributed by atoms with Crippen LogP contribution in [0.5, 0.6) is 5.75 Å². The maximum Gasteiger partial charge on any atom is 0.331 e. The zero-order valence-electron chi connectivity index (χ0n) is 20.2. The van der Waals surface area contributed by atoms with Gasteiger partial charge < -0.3 is 19.7 Å². The normalized spacial score (nSPS) is 15.2. The van der Waals surface area contributed by atoms with Crippen LogP contribution < -0.4 is 16.0 Å². The van der Waals surface area contributed by atoms with Gasteiger partial charge in [-0.1, -0.05) is 30.3 Å². The first kappa shape index (κ1) is 23.6. The van der Waals surface area contributed by atoms with E-state index in [2.05, 4.69) is 4.98 Å². The van der Waals surface area contributed by atoms with Gasteiger partial charge in [0.15, 0.2) is 6.61 Å². The molecule has 0 radical (unpaired) electrons. The molecule has 9 heteroatoms. The fourth-order valence-corrected chi connectivity index (χ4v) is 4.74. The lowest BCUT2D eigenvalue weighted by molar-refractivity contribution is -0.137. The van der Waals surface area contributed by atoms with Crippen molar-refractivity contribution >= 4 is 16.9 Å². The van der Waals surface area contributed by atoms with E-state index >= 15 is 0 Å². The van der Waals surface area contributed by atoms with Crippen LogP contribution in [-0.4, -0.2) is 49.7 Å². The fourth-order valence-electron chi connectivity index (χ4n) is 4.74. The third kappa shape index (κ3) is 4.22. The second-order valence-corrected chi connectivity index (χ2v) is 9.24. The molecule has 2 aromatic carbocycles. The summed E-state index contributed by atoms with van der Waals surface area (Å²) in [6, 6.07) is 18.5. The highest BCUT2D eigenvalue weighted by molar-refractivity contribution is 5.82. The molecule has 36 heavy (non-hydrogen) atoms. The molecule has 4 aromatic rings. The number of piperidine rings is 1. The summed E-state index contributed by atoms with van der Waals surface area (Å²) in [6.45, 7) is 0.845. The zero-order valence-corrected chi connectivity index (χ0v) is 20.2. The van der Waals surface area contributed by atoms with Crippen LogP contribution in [0.4, 0.5) is 0 Å². The lowest BCUT2D eigenvalue weighted by Gasteiger charge is -2.38. The Balaban J connectivity index is 1.22. The number of H-pyrrole nitrogens is 1. The Morgan fingerprint density at radius 3 is 2.33 bits per heavy atom.